The average molecular weight is 297 g/mol. The van der Waals surface area contributed by atoms with Gasteiger partial charge in [0, 0.05) is 4.75 Å². The van der Waals surface area contributed by atoms with Gasteiger partial charge in [-0.05, 0) is 26.0 Å². The molecule has 108 valence electrons. The first-order chi connectivity index (χ1) is 9.40. The number of rotatable bonds is 6. The standard InChI is InChI=1S/C12H15N3O4S/c1-12(2,9(13)11(16)17)20-6-8-14-10(15-19-8)7-4-3-5-18-7/h3-5,9H,6,13H2,1-2H3,(H,16,17)/t9-/m1/s1. The van der Waals surface area contributed by atoms with Gasteiger partial charge in [0.05, 0.1) is 12.0 Å². The van der Waals surface area contributed by atoms with Crippen LogP contribution in [-0.2, 0) is 10.5 Å². The molecule has 0 radical (unpaired) electrons. The van der Waals surface area contributed by atoms with E-state index in [4.69, 9.17) is 19.8 Å². The van der Waals surface area contributed by atoms with Gasteiger partial charge in [0.25, 0.3) is 0 Å². The van der Waals surface area contributed by atoms with Gasteiger partial charge in [0.2, 0.25) is 11.7 Å². The zero-order chi connectivity index (χ0) is 14.8. The van der Waals surface area contributed by atoms with Crippen LogP contribution in [0.3, 0.4) is 0 Å². The first kappa shape index (κ1) is 14.6. The van der Waals surface area contributed by atoms with Crippen LogP contribution in [0, 0.1) is 0 Å². The fourth-order valence-electron chi connectivity index (χ4n) is 1.45. The van der Waals surface area contributed by atoms with Crippen molar-refractivity contribution < 1.29 is 18.8 Å². The molecular weight excluding hydrogens is 282 g/mol. The van der Waals surface area contributed by atoms with Gasteiger partial charge in [-0.15, -0.1) is 11.8 Å². The normalized spacial score (nSPS) is 13.3. The van der Waals surface area contributed by atoms with E-state index in [1.165, 1.54) is 18.0 Å². The predicted octanol–water partition coefficient (Wildman–Crippen LogP) is 1.75. The minimum atomic E-state index is -1.04. The van der Waals surface area contributed by atoms with Crippen LogP contribution in [0.1, 0.15) is 19.7 Å². The summed E-state index contributed by atoms with van der Waals surface area (Å²) in [5, 5.41) is 12.7. The molecule has 7 nitrogen and oxygen atoms in total. The van der Waals surface area contributed by atoms with Crippen molar-refractivity contribution >= 4 is 17.7 Å². The van der Waals surface area contributed by atoms with Crippen molar-refractivity contribution in [1.82, 2.24) is 10.1 Å². The minimum Gasteiger partial charge on any atom is -0.480 e. The molecular formula is C12H15N3O4S. The number of furan rings is 1. The first-order valence-electron chi connectivity index (χ1n) is 5.89. The fraction of sp³-hybridized carbons (Fsp3) is 0.417. The summed E-state index contributed by atoms with van der Waals surface area (Å²) in [5.74, 6) is 0.621. The molecule has 0 unspecified atom stereocenters. The molecule has 3 N–H and O–H groups in total. The van der Waals surface area contributed by atoms with Crippen LogP contribution in [0.15, 0.2) is 27.3 Å². The van der Waals surface area contributed by atoms with Gasteiger partial charge in [-0.3, -0.25) is 4.79 Å². The number of aliphatic carboxylic acids is 1. The maximum absolute atomic E-state index is 10.9. The van der Waals surface area contributed by atoms with Crippen molar-refractivity contribution in [3.8, 4) is 11.6 Å². The van der Waals surface area contributed by atoms with Gasteiger partial charge in [-0.25, -0.2) is 0 Å². The Morgan fingerprint density at radius 2 is 2.35 bits per heavy atom. The summed E-state index contributed by atoms with van der Waals surface area (Å²) in [6, 6.07) is 2.49. The van der Waals surface area contributed by atoms with E-state index in [0.717, 1.165) is 0 Å². The maximum atomic E-state index is 10.9. The second kappa shape index (κ2) is 5.68. The van der Waals surface area contributed by atoms with Gasteiger partial charge in [-0.2, -0.15) is 4.98 Å². The molecule has 0 spiro atoms. The lowest BCUT2D eigenvalue weighted by Crippen LogP contribution is -2.46. The Hall–Kier alpha value is -1.80. The summed E-state index contributed by atoms with van der Waals surface area (Å²) in [5.41, 5.74) is 5.64. The summed E-state index contributed by atoms with van der Waals surface area (Å²) in [6.45, 7) is 3.53. The van der Waals surface area contributed by atoms with Crippen LogP contribution in [0.25, 0.3) is 11.6 Å². The Labute approximate surface area is 119 Å². The van der Waals surface area contributed by atoms with Crippen LogP contribution in [0.5, 0.6) is 0 Å². The molecule has 1 atom stereocenters. The molecule has 2 rings (SSSR count). The van der Waals surface area contributed by atoms with E-state index in [0.29, 0.717) is 23.2 Å². The Morgan fingerprint density at radius 3 is 2.95 bits per heavy atom. The SMILES string of the molecule is CC(C)(SCc1nc(-c2ccco2)no1)[C@H](N)C(=O)O. The average Bonchev–Trinajstić information content (AvgIpc) is 3.05. The van der Waals surface area contributed by atoms with Crippen molar-refractivity contribution in [2.45, 2.75) is 30.4 Å². The Kier molecular flexibility index (Phi) is 4.15. The third-order valence-corrected chi connectivity index (χ3v) is 4.18. The lowest BCUT2D eigenvalue weighted by molar-refractivity contribution is -0.139. The van der Waals surface area contributed by atoms with Crippen LogP contribution in [0.4, 0.5) is 0 Å². The van der Waals surface area contributed by atoms with E-state index in [2.05, 4.69) is 10.1 Å². The van der Waals surface area contributed by atoms with Gasteiger partial charge < -0.3 is 19.8 Å². The largest absolute Gasteiger partial charge is 0.480 e. The smallest absolute Gasteiger partial charge is 0.321 e. The molecule has 2 aromatic heterocycles. The molecule has 2 heterocycles. The number of thioether (sulfide) groups is 1. The molecule has 0 saturated heterocycles. The molecule has 20 heavy (non-hydrogen) atoms. The number of nitrogens with zero attached hydrogens (tertiary/aromatic N) is 2. The van der Waals surface area contributed by atoms with Crippen LogP contribution in [-0.4, -0.2) is 32.0 Å². The first-order valence-corrected chi connectivity index (χ1v) is 6.87. The highest BCUT2D eigenvalue weighted by Crippen LogP contribution is 2.30. The third kappa shape index (κ3) is 3.20. The number of aromatic nitrogens is 2. The number of hydrogen-bond acceptors (Lipinski definition) is 7. The van der Waals surface area contributed by atoms with E-state index in [1.807, 2.05) is 0 Å². The summed E-state index contributed by atoms with van der Waals surface area (Å²) in [7, 11) is 0. The van der Waals surface area contributed by atoms with Gasteiger partial charge in [0.1, 0.15) is 6.04 Å². The molecule has 0 amide bonds. The minimum absolute atomic E-state index is 0.367. The van der Waals surface area contributed by atoms with Crippen LogP contribution < -0.4 is 5.73 Å². The topological polar surface area (TPSA) is 115 Å². The van der Waals surface area contributed by atoms with E-state index in [-0.39, 0.29) is 0 Å². The monoisotopic (exact) mass is 297 g/mol. The number of carboxylic acid groups (broad SMARTS) is 1. The lowest BCUT2D eigenvalue weighted by atomic mass is 10.1. The third-order valence-electron chi connectivity index (χ3n) is 2.79. The van der Waals surface area contributed by atoms with Crippen molar-refractivity contribution in [1.29, 1.82) is 0 Å². The zero-order valence-electron chi connectivity index (χ0n) is 11.1. The highest BCUT2D eigenvalue weighted by molar-refractivity contribution is 7.99. The molecule has 0 fully saturated rings. The van der Waals surface area contributed by atoms with Crippen molar-refractivity contribution in [3.63, 3.8) is 0 Å². The second-order valence-electron chi connectivity index (χ2n) is 4.70. The van der Waals surface area contributed by atoms with E-state index < -0.39 is 16.8 Å². The van der Waals surface area contributed by atoms with Crippen LogP contribution >= 0.6 is 11.8 Å². The summed E-state index contributed by atoms with van der Waals surface area (Å²) >= 11 is 1.35. The highest BCUT2D eigenvalue weighted by Gasteiger charge is 2.33. The van der Waals surface area contributed by atoms with E-state index in [9.17, 15) is 4.79 Å². The summed E-state index contributed by atoms with van der Waals surface area (Å²) in [6.07, 6.45) is 1.52. The van der Waals surface area contributed by atoms with Crippen molar-refractivity contribution in [3.05, 3.63) is 24.3 Å². The zero-order valence-corrected chi connectivity index (χ0v) is 11.9. The summed E-state index contributed by atoms with van der Waals surface area (Å²) < 4.78 is 9.60. The molecule has 0 aliphatic heterocycles. The fourth-order valence-corrected chi connectivity index (χ4v) is 2.35. The van der Waals surface area contributed by atoms with Gasteiger partial charge in [0.15, 0.2) is 5.76 Å². The molecule has 0 saturated carbocycles. The molecule has 0 aromatic carbocycles. The molecule has 0 bridgehead atoms. The molecule has 2 aromatic rings. The molecule has 0 aliphatic carbocycles. The van der Waals surface area contributed by atoms with E-state index in [1.54, 1.807) is 26.0 Å². The lowest BCUT2D eigenvalue weighted by Gasteiger charge is -2.27. The van der Waals surface area contributed by atoms with Gasteiger partial charge in [-0.1, -0.05) is 5.16 Å². The Morgan fingerprint density at radius 1 is 1.60 bits per heavy atom. The maximum Gasteiger partial charge on any atom is 0.321 e. The predicted molar refractivity (Wildman–Crippen MR) is 73.0 cm³/mol. The molecule has 8 heteroatoms. The second-order valence-corrected chi connectivity index (χ2v) is 6.33. The number of nitrogens with two attached hydrogens (primary N) is 1. The van der Waals surface area contributed by atoms with E-state index >= 15 is 0 Å². The number of carboxylic acids is 1. The molecule has 0 aliphatic rings. The van der Waals surface area contributed by atoms with Crippen molar-refractivity contribution in [2.24, 2.45) is 5.73 Å². The Bertz CT molecular complexity index is 579. The van der Waals surface area contributed by atoms with Gasteiger partial charge >= 0.3 is 5.97 Å². The Balaban J connectivity index is 2.00. The highest BCUT2D eigenvalue weighted by atomic mass is 32.2. The quantitative estimate of drug-likeness (QED) is 0.828. The van der Waals surface area contributed by atoms with Crippen LogP contribution in [0.2, 0.25) is 0 Å². The number of hydrogen-bond donors (Lipinski definition) is 2. The summed E-state index contributed by atoms with van der Waals surface area (Å²) in [4.78, 5) is 15.1. The number of carbonyl (C=O) groups is 1. The van der Waals surface area contributed by atoms with Crippen molar-refractivity contribution in [2.75, 3.05) is 0 Å².